The first-order chi connectivity index (χ1) is 8.54. The highest BCUT2D eigenvalue weighted by molar-refractivity contribution is 5.65. The zero-order valence-corrected chi connectivity index (χ0v) is 9.99. The Hall–Kier alpha value is -1.59. The summed E-state index contributed by atoms with van der Waals surface area (Å²) in [6, 6.07) is 9.11. The van der Waals surface area contributed by atoms with Crippen molar-refractivity contribution in [2.75, 3.05) is 6.61 Å². The Morgan fingerprint density at radius 1 is 1.33 bits per heavy atom. The molecular formula is C13H17NO4. The summed E-state index contributed by atoms with van der Waals surface area (Å²) in [6.45, 7) is -0.00928. The van der Waals surface area contributed by atoms with E-state index >= 15 is 0 Å². The zero-order valence-electron chi connectivity index (χ0n) is 9.99. The second kappa shape index (κ2) is 4.96. The maximum absolute atomic E-state index is 11.2. The van der Waals surface area contributed by atoms with Crippen LogP contribution in [-0.4, -0.2) is 44.6 Å². The molecule has 0 radical (unpaired) electrons. The molecule has 0 heterocycles. The smallest absolute Gasteiger partial charge is 0.407 e. The normalized spacial score (nSPS) is 26.4. The van der Waals surface area contributed by atoms with Crippen molar-refractivity contribution >= 4 is 6.09 Å². The van der Waals surface area contributed by atoms with Gasteiger partial charge in [-0.25, -0.2) is 4.79 Å². The third-order valence-electron chi connectivity index (χ3n) is 3.41. The summed E-state index contributed by atoms with van der Waals surface area (Å²) in [5, 5.41) is 27.9. The molecule has 0 atom stereocenters. The van der Waals surface area contributed by atoms with Gasteiger partial charge in [0.05, 0.1) is 12.2 Å². The van der Waals surface area contributed by atoms with E-state index in [4.69, 9.17) is 5.11 Å². The molecule has 5 nitrogen and oxygen atoms in total. The number of rotatable bonds is 4. The quantitative estimate of drug-likeness (QED) is 0.747. The molecule has 1 saturated carbocycles. The third-order valence-corrected chi connectivity index (χ3v) is 3.41. The largest absolute Gasteiger partial charge is 0.465 e. The van der Waals surface area contributed by atoms with E-state index in [1.54, 1.807) is 0 Å². The SMILES string of the molecule is O=C(O)N(Cc1ccccc1)C1CC(O)(CO)C1. The standard InChI is InChI=1S/C13H17NO4/c15-9-13(18)6-11(7-13)14(12(16)17)8-10-4-2-1-3-5-10/h1-5,11,15,18H,6-9H2,(H,16,17). The van der Waals surface area contributed by atoms with Gasteiger partial charge in [-0.3, -0.25) is 0 Å². The molecule has 1 fully saturated rings. The zero-order chi connectivity index (χ0) is 13.2. The first-order valence-corrected chi connectivity index (χ1v) is 5.91. The predicted octanol–water partition coefficient (Wildman–Crippen LogP) is 1.05. The lowest BCUT2D eigenvalue weighted by atomic mass is 9.75. The Balaban J connectivity index is 2.01. The molecule has 1 aromatic carbocycles. The summed E-state index contributed by atoms with van der Waals surface area (Å²) < 4.78 is 0. The second-order valence-electron chi connectivity index (χ2n) is 4.84. The van der Waals surface area contributed by atoms with Crippen molar-refractivity contribution in [3.63, 3.8) is 0 Å². The molecule has 1 aliphatic rings. The van der Waals surface area contributed by atoms with E-state index in [0.29, 0.717) is 19.4 Å². The summed E-state index contributed by atoms with van der Waals surface area (Å²) in [5.41, 5.74) is -0.186. The lowest BCUT2D eigenvalue weighted by molar-refractivity contribution is -0.115. The number of carbonyl (C=O) groups is 1. The van der Waals surface area contributed by atoms with E-state index in [0.717, 1.165) is 5.56 Å². The minimum absolute atomic E-state index is 0.222. The average Bonchev–Trinajstić information content (AvgIpc) is 2.33. The number of aliphatic hydroxyl groups is 2. The average molecular weight is 251 g/mol. The molecule has 18 heavy (non-hydrogen) atoms. The van der Waals surface area contributed by atoms with Crippen LogP contribution in [-0.2, 0) is 6.54 Å². The number of carboxylic acid groups (broad SMARTS) is 1. The van der Waals surface area contributed by atoms with E-state index in [-0.39, 0.29) is 12.6 Å². The fourth-order valence-corrected chi connectivity index (χ4v) is 2.30. The van der Waals surface area contributed by atoms with Gasteiger partial charge >= 0.3 is 6.09 Å². The van der Waals surface area contributed by atoms with Gasteiger partial charge in [-0.15, -0.1) is 0 Å². The molecular weight excluding hydrogens is 234 g/mol. The molecule has 0 saturated heterocycles. The molecule has 2 rings (SSSR count). The van der Waals surface area contributed by atoms with Crippen LogP contribution in [0.5, 0.6) is 0 Å². The monoisotopic (exact) mass is 251 g/mol. The predicted molar refractivity (Wildman–Crippen MR) is 65.1 cm³/mol. The van der Waals surface area contributed by atoms with E-state index in [9.17, 15) is 15.0 Å². The van der Waals surface area contributed by atoms with Gasteiger partial charge in [-0.05, 0) is 18.4 Å². The van der Waals surface area contributed by atoms with Crippen LogP contribution in [0.2, 0.25) is 0 Å². The summed E-state index contributed by atoms with van der Waals surface area (Å²) >= 11 is 0. The van der Waals surface area contributed by atoms with Gasteiger partial charge in [0.1, 0.15) is 0 Å². The molecule has 1 aromatic rings. The molecule has 3 N–H and O–H groups in total. The molecule has 0 unspecified atom stereocenters. The Morgan fingerprint density at radius 3 is 2.44 bits per heavy atom. The molecule has 1 aliphatic carbocycles. The van der Waals surface area contributed by atoms with Gasteiger partial charge in [0.2, 0.25) is 0 Å². The Labute approximate surface area is 105 Å². The lowest BCUT2D eigenvalue weighted by Gasteiger charge is -2.46. The van der Waals surface area contributed by atoms with Crippen molar-refractivity contribution < 1.29 is 20.1 Å². The molecule has 0 aromatic heterocycles. The van der Waals surface area contributed by atoms with Crippen LogP contribution >= 0.6 is 0 Å². The molecule has 0 spiro atoms. The second-order valence-corrected chi connectivity index (χ2v) is 4.84. The fourth-order valence-electron chi connectivity index (χ4n) is 2.30. The number of hydrogen-bond acceptors (Lipinski definition) is 3. The highest BCUT2D eigenvalue weighted by Gasteiger charge is 2.46. The molecule has 0 aliphatic heterocycles. The highest BCUT2D eigenvalue weighted by Crippen LogP contribution is 2.36. The fraction of sp³-hybridized carbons (Fsp3) is 0.462. The topological polar surface area (TPSA) is 81.0 Å². The summed E-state index contributed by atoms with van der Waals surface area (Å²) in [4.78, 5) is 12.5. The minimum Gasteiger partial charge on any atom is -0.465 e. The lowest BCUT2D eigenvalue weighted by Crippen LogP contribution is -2.58. The van der Waals surface area contributed by atoms with Gasteiger partial charge < -0.3 is 20.2 Å². The van der Waals surface area contributed by atoms with E-state index in [1.165, 1.54) is 4.90 Å². The van der Waals surface area contributed by atoms with Crippen molar-refractivity contribution in [3.05, 3.63) is 35.9 Å². The van der Waals surface area contributed by atoms with Crippen LogP contribution in [0.1, 0.15) is 18.4 Å². The molecule has 98 valence electrons. The summed E-state index contributed by atoms with van der Waals surface area (Å²) in [5.74, 6) is 0. The van der Waals surface area contributed by atoms with Gasteiger partial charge in [0.25, 0.3) is 0 Å². The van der Waals surface area contributed by atoms with Crippen molar-refractivity contribution in [2.24, 2.45) is 0 Å². The van der Waals surface area contributed by atoms with E-state index in [1.807, 2.05) is 30.3 Å². The molecule has 5 heteroatoms. The Morgan fingerprint density at radius 2 is 1.94 bits per heavy atom. The number of benzene rings is 1. The van der Waals surface area contributed by atoms with E-state index in [2.05, 4.69) is 0 Å². The van der Waals surface area contributed by atoms with Crippen LogP contribution in [0.15, 0.2) is 30.3 Å². The Bertz CT molecular complexity index is 414. The van der Waals surface area contributed by atoms with Crippen molar-refractivity contribution in [1.29, 1.82) is 0 Å². The van der Waals surface area contributed by atoms with Crippen molar-refractivity contribution in [1.82, 2.24) is 4.90 Å². The maximum atomic E-state index is 11.2. The first-order valence-electron chi connectivity index (χ1n) is 5.91. The third kappa shape index (κ3) is 2.63. The maximum Gasteiger partial charge on any atom is 0.407 e. The number of nitrogens with zero attached hydrogens (tertiary/aromatic N) is 1. The summed E-state index contributed by atoms with van der Waals surface area (Å²) in [6.07, 6.45) is -0.408. The molecule has 0 bridgehead atoms. The minimum atomic E-state index is -1.10. The Kier molecular flexibility index (Phi) is 3.54. The van der Waals surface area contributed by atoms with Crippen LogP contribution in [0.3, 0.4) is 0 Å². The van der Waals surface area contributed by atoms with Crippen LogP contribution in [0.4, 0.5) is 4.79 Å². The van der Waals surface area contributed by atoms with Gasteiger partial charge in [-0.2, -0.15) is 0 Å². The van der Waals surface area contributed by atoms with E-state index < -0.39 is 11.7 Å². The molecule has 1 amide bonds. The van der Waals surface area contributed by atoms with Crippen molar-refractivity contribution in [2.45, 2.75) is 31.0 Å². The highest BCUT2D eigenvalue weighted by atomic mass is 16.4. The van der Waals surface area contributed by atoms with Gasteiger partial charge in [-0.1, -0.05) is 30.3 Å². The number of aliphatic hydroxyl groups excluding tert-OH is 1. The van der Waals surface area contributed by atoms with Crippen LogP contribution in [0, 0.1) is 0 Å². The van der Waals surface area contributed by atoms with Crippen molar-refractivity contribution in [3.8, 4) is 0 Å². The first kappa shape index (κ1) is 12.9. The summed E-state index contributed by atoms with van der Waals surface area (Å²) in [7, 11) is 0. The van der Waals surface area contributed by atoms with Crippen LogP contribution in [0.25, 0.3) is 0 Å². The van der Waals surface area contributed by atoms with Crippen LogP contribution < -0.4 is 0 Å². The number of hydrogen-bond donors (Lipinski definition) is 3. The van der Waals surface area contributed by atoms with Gasteiger partial charge in [0.15, 0.2) is 0 Å². The number of amides is 1. The van der Waals surface area contributed by atoms with Gasteiger partial charge in [0, 0.05) is 12.6 Å².